The Morgan fingerprint density at radius 3 is 2.74 bits per heavy atom. The van der Waals surface area contributed by atoms with Gasteiger partial charge in [-0.2, -0.15) is 13.2 Å². The molecule has 1 aromatic heterocycles. The maximum absolute atomic E-state index is 12.5. The van der Waals surface area contributed by atoms with Gasteiger partial charge in [0.1, 0.15) is 10.9 Å². The summed E-state index contributed by atoms with van der Waals surface area (Å²) in [6.45, 7) is 0.565. The zero-order valence-electron chi connectivity index (χ0n) is 10.6. The van der Waals surface area contributed by atoms with Gasteiger partial charge in [0.15, 0.2) is 5.13 Å². The van der Waals surface area contributed by atoms with E-state index in [1.165, 1.54) is 4.90 Å². The number of aromatic nitrogens is 1. The molecule has 0 aliphatic carbocycles. The van der Waals surface area contributed by atoms with E-state index in [0.717, 1.165) is 12.6 Å². The van der Waals surface area contributed by atoms with E-state index < -0.39 is 17.1 Å². The third kappa shape index (κ3) is 2.83. The molecule has 19 heavy (non-hydrogen) atoms. The van der Waals surface area contributed by atoms with Crippen molar-refractivity contribution < 1.29 is 18.0 Å². The average Bonchev–Trinajstić information content (AvgIpc) is 2.95. The van der Waals surface area contributed by atoms with Crippen molar-refractivity contribution >= 4 is 22.4 Å². The minimum atomic E-state index is -4.38. The van der Waals surface area contributed by atoms with E-state index in [1.807, 2.05) is 0 Å². The molecule has 1 unspecified atom stereocenters. The molecular formula is C11H14F3N3OS. The molecule has 1 saturated heterocycles. The first-order valence-electron chi connectivity index (χ1n) is 5.81. The number of anilines is 1. The number of alkyl halides is 3. The summed E-state index contributed by atoms with van der Waals surface area (Å²) in [5.41, 5.74) is 0. The van der Waals surface area contributed by atoms with Gasteiger partial charge >= 0.3 is 6.18 Å². The molecule has 1 atom stereocenters. The van der Waals surface area contributed by atoms with Crippen LogP contribution in [0.4, 0.5) is 18.3 Å². The zero-order chi connectivity index (χ0) is 14.2. The highest BCUT2D eigenvalue weighted by molar-refractivity contribution is 7.15. The number of carbonyl (C=O) groups excluding carboxylic acids is 1. The number of nitrogens with zero attached hydrogens (tertiary/aromatic N) is 3. The molecule has 0 radical (unpaired) electrons. The molecule has 8 heteroatoms. The van der Waals surface area contributed by atoms with Gasteiger partial charge in [-0.1, -0.05) is 11.3 Å². The summed E-state index contributed by atoms with van der Waals surface area (Å²) in [5, 5.41) is 0.269. The van der Waals surface area contributed by atoms with Gasteiger partial charge in [-0.05, 0) is 12.8 Å². The predicted octanol–water partition coefficient (Wildman–Crippen LogP) is 2.22. The Balaban J connectivity index is 2.21. The van der Waals surface area contributed by atoms with Gasteiger partial charge < -0.3 is 9.80 Å². The monoisotopic (exact) mass is 293 g/mol. The second-order valence-corrected chi connectivity index (χ2v) is 5.60. The Labute approximate surface area is 112 Å². The quantitative estimate of drug-likeness (QED) is 0.839. The molecule has 0 saturated carbocycles. The second-order valence-electron chi connectivity index (χ2n) is 4.59. The largest absolute Gasteiger partial charge is 0.427 e. The van der Waals surface area contributed by atoms with Crippen LogP contribution in [0.15, 0.2) is 6.20 Å². The van der Waals surface area contributed by atoms with Crippen molar-refractivity contribution in [2.45, 2.75) is 25.1 Å². The van der Waals surface area contributed by atoms with Gasteiger partial charge in [0, 0.05) is 20.6 Å². The summed E-state index contributed by atoms with van der Waals surface area (Å²) in [4.78, 5) is 18.2. The molecule has 1 amide bonds. The average molecular weight is 293 g/mol. The Bertz CT molecular complexity index is 472. The Morgan fingerprint density at radius 1 is 1.53 bits per heavy atom. The van der Waals surface area contributed by atoms with Crippen LogP contribution in [0.1, 0.15) is 17.7 Å². The topological polar surface area (TPSA) is 36.4 Å². The lowest BCUT2D eigenvalue weighted by Crippen LogP contribution is -2.42. The Hall–Kier alpha value is -1.31. The van der Waals surface area contributed by atoms with E-state index >= 15 is 0 Å². The molecule has 1 aliphatic rings. The molecule has 0 bridgehead atoms. The fourth-order valence-corrected chi connectivity index (χ4v) is 2.94. The number of thiazole rings is 1. The van der Waals surface area contributed by atoms with Gasteiger partial charge in [0.25, 0.3) is 0 Å². The molecule has 1 fully saturated rings. The van der Waals surface area contributed by atoms with Crippen LogP contribution in [0.5, 0.6) is 0 Å². The van der Waals surface area contributed by atoms with Gasteiger partial charge in [-0.25, -0.2) is 4.98 Å². The summed E-state index contributed by atoms with van der Waals surface area (Å²) >= 11 is 0.589. The van der Waals surface area contributed by atoms with Crippen LogP contribution in [0, 0.1) is 0 Å². The summed E-state index contributed by atoms with van der Waals surface area (Å²) in [6, 6.07) is -0.401. The molecule has 0 spiro atoms. The SMILES string of the molecule is CN(C)C(=O)C1CCCN1c1ncc(C(F)(F)F)s1. The fraction of sp³-hybridized carbons (Fsp3) is 0.636. The minimum absolute atomic E-state index is 0.0961. The first-order valence-corrected chi connectivity index (χ1v) is 6.63. The van der Waals surface area contributed by atoms with Crippen LogP contribution in [0.2, 0.25) is 0 Å². The minimum Gasteiger partial charge on any atom is -0.347 e. The van der Waals surface area contributed by atoms with Gasteiger partial charge in [-0.15, -0.1) is 0 Å². The van der Waals surface area contributed by atoms with Crippen molar-refractivity contribution in [3.8, 4) is 0 Å². The molecule has 2 rings (SSSR count). The van der Waals surface area contributed by atoms with Crippen molar-refractivity contribution in [3.05, 3.63) is 11.1 Å². The third-order valence-electron chi connectivity index (χ3n) is 3.00. The molecule has 106 valence electrons. The van der Waals surface area contributed by atoms with Crippen LogP contribution >= 0.6 is 11.3 Å². The summed E-state index contributed by atoms with van der Waals surface area (Å²) < 4.78 is 37.6. The number of halogens is 3. The number of rotatable bonds is 2. The highest BCUT2D eigenvalue weighted by Crippen LogP contribution is 2.38. The highest BCUT2D eigenvalue weighted by Gasteiger charge is 2.37. The van der Waals surface area contributed by atoms with Crippen LogP contribution in [-0.4, -0.2) is 42.5 Å². The maximum Gasteiger partial charge on any atom is 0.427 e. The number of amides is 1. The Morgan fingerprint density at radius 2 is 2.21 bits per heavy atom. The highest BCUT2D eigenvalue weighted by atomic mass is 32.1. The summed E-state index contributed by atoms with van der Waals surface area (Å²) in [5.74, 6) is -0.0961. The van der Waals surface area contributed by atoms with Crippen LogP contribution in [0.3, 0.4) is 0 Å². The van der Waals surface area contributed by atoms with Gasteiger partial charge in [0.2, 0.25) is 5.91 Å². The van der Waals surface area contributed by atoms with E-state index in [-0.39, 0.29) is 11.0 Å². The van der Waals surface area contributed by atoms with E-state index in [0.29, 0.717) is 24.3 Å². The van der Waals surface area contributed by atoms with Crippen LogP contribution < -0.4 is 4.90 Å². The Kier molecular flexibility index (Phi) is 3.71. The van der Waals surface area contributed by atoms with Gasteiger partial charge in [0.05, 0.1) is 6.20 Å². The van der Waals surface area contributed by atoms with Crippen LogP contribution in [0.25, 0.3) is 0 Å². The molecule has 1 aromatic rings. The lowest BCUT2D eigenvalue weighted by atomic mass is 10.2. The first-order chi connectivity index (χ1) is 8.80. The number of likely N-dealkylation sites (N-methyl/N-ethyl adjacent to an activating group) is 1. The standard InChI is InChI=1S/C11H14F3N3OS/c1-16(2)9(18)7-4-3-5-17(7)10-15-6-8(19-10)11(12,13)14/h6-7H,3-5H2,1-2H3. The van der Waals surface area contributed by atoms with Crippen molar-refractivity contribution in [1.29, 1.82) is 0 Å². The lowest BCUT2D eigenvalue weighted by molar-refractivity contribution is -0.134. The normalized spacial score (nSPS) is 19.8. The predicted molar refractivity (Wildman–Crippen MR) is 66.2 cm³/mol. The molecule has 0 N–H and O–H groups in total. The molecule has 4 nitrogen and oxygen atoms in total. The smallest absolute Gasteiger partial charge is 0.347 e. The molecule has 2 heterocycles. The maximum atomic E-state index is 12.5. The van der Waals surface area contributed by atoms with Crippen molar-refractivity contribution in [1.82, 2.24) is 9.88 Å². The van der Waals surface area contributed by atoms with Gasteiger partial charge in [-0.3, -0.25) is 4.79 Å². The molecular weight excluding hydrogens is 279 g/mol. The van der Waals surface area contributed by atoms with Crippen LogP contribution in [-0.2, 0) is 11.0 Å². The van der Waals surface area contributed by atoms with Crippen molar-refractivity contribution in [2.24, 2.45) is 0 Å². The summed E-state index contributed by atoms with van der Waals surface area (Å²) in [6.07, 6.45) is -2.12. The fourth-order valence-electron chi connectivity index (χ4n) is 2.08. The first kappa shape index (κ1) is 14.1. The van der Waals surface area contributed by atoms with E-state index in [4.69, 9.17) is 0 Å². The number of carbonyl (C=O) groups is 1. The zero-order valence-corrected chi connectivity index (χ0v) is 11.4. The van der Waals surface area contributed by atoms with E-state index in [9.17, 15) is 18.0 Å². The van der Waals surface area contributed by atoms with E-state index in [2.05, 4.69) is 4.98 Å². The number of hydrogen-bond acceptors (Lipinski definition) is 4. The lowest BCUT2D eigenvalue weighted by Gasteiger charge is -2.25. The van der Waals surface area contributed by atoms with E-state index in [1.54, 1.807) is 19.0 Å². The molecule has 1 aliphatic heterocycles. The second kappa shape index (κ2) is 4.99. The van der Waals surface area contributed by atoms with Crippen molar-refractivity contribution in [3.63, 3.8) is 0 Å². The summed E-state index contributed by atoms with van der Waals surface area (Å²) in [7, 11) is 3.28. The third-order valence-corrected chi connectivity index (χ3v) is 4.08. The van der Waals surface area contributed by atoms with Crippen molar-refractivity contribution in [2.75, 3.05) is 25.5 Å². The number of hydrogen-bond donors (Lipinski definition) is 0. The molecule has 0 aromatic carbocycles.